The SMILES string of the molecule is COC(=O)c1cc(C)cc(OCC(C)N(C)c2ccncc2)c1. The predicted octanol–water partition coefficient (Wildman–Crippen LogP) is 3.08. The molecule has 0 amide bonds. The summed E-state index contributed by atoms with van der Waals surface area (Å²) in [4.78, 5) is 17.8. The van der Waals surface area contributed by atoms with Gasteiger partial charge < -0.3 is 14.4 Å². The molecule has 5 heteroatoms. The van der Waals surface area contributed by atoms with Crippen molar-refractivity contribution < 1.29 is 14.3 Å². The largest absolute Gasteiger partial charge is 0.491 e. The number of likely N-dealkylation sites (N-methyl/N-ethyl adjacent to an activating group) is 1. The average molecular weight is 314 g/mol. The Balaban J connectivity index is 2.03. The minimum atomic E-state index is -0.361. The third kappa shape index (κ3) is 4.45. The van der Waals surface area contributed by atoms with E-state index in [2.05, 4.69) is 16.8 Å². The van der Waals surface area contributed by atoms with E-state index in [1.54, 1.807) is 24.5 Å². The lowest BCUT2D eigenvalue weighted by molar-refractivity contribution is 0.0600. The normalized spacial score (nSPS) is 11.7. The Hall–Kier alpha value is -2.56. The summed E-state index contributed by atoms with van der Waals surface area (Å²) in [6.07, 6.45) is 3.53. The molecule has 122 valence electrons. The standard InChI is InChI=1S/C18H22N2O3/c1-13-9-15(18(21)22-4)11-17(10-13)23-12-14(2)20(3)16-5-7-19-8-6-16/h5-11,14H,12H2,1-4H3. The van der Waals surface area contributed by atoms with E-state index in [9.17, 15) is 4.79 Å². The average Bonchev–Trinajstić information content (AvgIpc) is 2.58. The number of anilines is 1. The maximum Gasteiger partial charge on any atom is 0.337 e. The Morgan fingerprint density at radius 3 is 2.61 bits per heavy atom. The molecule has 0 fully saturated rings. The molecule has 23 heavy (non-hydrogen) atoms. The molecule has 2 aromatic rings. The molecule has 1 aromatic heterocycles. The summed E-state index contributed by atoms with van der Waals surface area (Å²) in [5, 5.41) is 0. The zero-order valence-corrected chi connectivity index (χ0v) is 13.9. The number of benzene rings is 1. The molecule has 0 radical (unpaired) electrons. The van der Waals surface area contributed by atoms with Gasteiger partial charge in [-0.3, -0.25) is 4.98 Å². The van der Waals surface area contributed by atoms with Gasteiger partial charge in [-0.15, -0.1) is 0 Å². The zero-order valence-electron chi connectivity index (χ0n) is 13.9. The third-order valence-corrected chi connectivity index (χ3v) is 3.69. The number of carbonyl (C=O) groups is 1. The summed E-state index contributed by atoms with van der Waals surface area (Å²) < 4.78 is 10.6. The Morgan fingerprint density at radius 1 is 1.26 bits per heavy atom. The lowest BCUT2D eigenvalue weighted by Crippen LogP contribution is -2.34. The fourth-order valence-electron chi connectivity index (χ4n) is 2.23. The van der Waals surface area contributed by atoms with Gasteiger partial charge in [0.25, 0.3) is 0 Å². The summed E-state index contributed by atoms with van der Waals surface area (Å²) in [5.74, 6) is 0.306. The number of methoxy groups -OCH3 is 1. The first-order valence-corrected chi connectivity index (χ1v) is 7.47. The highest BCUT2D eigenvalue weighted by atomic mass is 16.5. The number of hydrogen-bond donors (Lipinski definition) is 0. The van der Waals surface area contributed by atoms with Crippen LogP contribution >= 0.6 is 0 Å². The number of hydrogen-bond acceptors (Lipinski definition) is 5. The molecule has 1 heterocycles. The quantitative estimate of drug-likeness (QED) is 0.767. The van der Waals surface area contributed by atoms with Crippen LogP contribution in [0.3, 0.4) is 0 Å². The monoisotopic (exact) mass is 314 g/mol. The molecule has 0 aliphatic heterocycles. The maximum atomic E-state index is 11.7. The summed E-state index contributed by atoms with van der Waals surface area (Å²) in [5.41, 5.74) is 2.53. The minimum absolute atomic E-state index is 0.166. The second-order valence-corrected chi connectivity index (χ2v) is 5.50. The Labute approximate surface area is 136 Å². The van der Waals surface area contributed by atoms with Crippen molar-refractivity contribution in [2.45, 2.75) is 19.9 Å². The molecular weight excluding hydrogens is 292 g/mol. The Kier molecular flexibility index (Phi) is 5.57. The number of esters is 1. The zero-order chi connectivity index (χ0) is 16.8. The number of pyridine rings is 1. The van der Waals surface area contributed by atoms with Crippen LogP contribution in [0.25, 0.3) is 0 Å². The second-order valence-electron chi connectivity index (χ2n) is 5.50. The molecule has 1 aromatic carbocycles. The van der Waals surface area contributed by atoms with E-state index < -0.39 is 0 Å². The minimum Gasteiger partial charge on any atom is -0.491 e. The highest BCUT2D eigenvalue weighted by Gasteiger charge is 2.12. The van der Waals surface area contributed by atoms with E-state index >= 15 is 0 Å². The van der Waals surface area contributed by atoms with Crippen molar-refractivity contribution in [3.05, 3.63) is 53.9 Å². The van der Waals surface area contributed by atoms with E-state index in [0.29, 0.717) is 17.9 Å². The first-order valence-electron chi connectivity index (χ1n) is 7.47. The number of ether oxygens (including phenoxy) is 2. The number of carbonyl (C=O) groups excluding carboxylic acids is 1. The van der Waals surface area contributed by atoms with Crippen LogP contribution in [0.15, 0.2) is 42.7 Å². The van der Waals surface area contributed by atoms with Crippen molar-refractivity contribution in [2.75, 3.05) is 25.7 Å². The number of aryl methyl sites for hydroxylation is 1. The van der Waals surface area contributed by atoms with Gasteiger partial charge in [-0.25, -0.2) is 4.79 Å². The molecule has 0 bridgehead atoms. The number of nitrogens with zero attached hydrogens (tertiary/aromatic N) is 2. The fraction of sp³-hybridized carbons (Fsp3) is 0.333. The topological polar surface area (TPSA) is 51.7 Å². The van der Waals surface area contributed by atoms with Crippen molar-refractivity contribution >= 4 is 11.7 Å². The molecule has 0 N–H and O–H groups in total. The van der Waals surface area contributed by atoms with Gasteiger partial charge in [0.05, 0.1) is 18.7 Å². The molecule has 1 atom stereocenters. The molecule has 0 saturated heterocycles. The van der Waals surface area contributed by atoms with Crippen molar-refractivity contribution in [1.29, 1.82) is 0 Å². The molecule has 0 aliphatic rings. The van der Waals surface area contributed by atoms with Crippen molar-refractivity contribution in [3.8, 4) is 5.75 Å². The van der Waals surface area contributed by atoms with Gasteiger partial charge in [-0.1, -0.05) is 0 Å². The molecule has 1 unspecified atom stereocenters. The van der Waals surface area contributed by atoms with Crippen molar-refractivity contribution in [2.24, 2.45) is 0 Å². The maximum absolute atomic E-state index is 11.7. The molecule has 2 rings (SSSR count). The van der Waals surface area contributed by atoms with Crippen LogP contribution in [0.4, 0.5) is 5.69 Å². The lowest BCUT2D eigenvalue weighted by atomic mass is 10.1. The van der Waals surface area contributed by atoms with Gasteiger partial charge in [0.15, 0.2) is 0 Å². The highest BCUT2D eigenvalue weighted by Crippen LogP contribution is 2.19. The molecular formula is C18H22N2O3. The highest BCUT2D eigenvalue weighted by molar-refractivity contribution is 5.90. The fourth-order valence-corrected chi connectivity index (χ4v) is 2.23. The third-order valence-electron chi connectivity index (χ3n) is 3.69. The second kappa shape index (κ2) is 7.63. The molecule has 0 spiro atoms. The van der Waals surface area contributed by atoms with Crippen molar-refractivity contribution in [3.63, 3.8) is 0 Å². The van der Waals surface area contributed by atoms with E-state index in [0.717, 1.165) is 11.3 Å². The molecule has 0 aliphatic carbocycles. The first-order chi connectivity index (χ1) is 11.0. The first kappa shape index (κ1) is 16.8. The van der Waals surface area contributed by atoms with Gasteiger partial charge >= 0.3 is 5.97 Å². The van der Waals surface area contributed by atoms with Crippen LogP contribution in [-0.2, 0) is 4.74 Å². The summed E-state index contributed by atoms with van der Waals surface area (Å²) in [6.45, 7) is 4.51. The van der Waals surface area contributed by atoms with E-state index in [-0.39, 0.29) is 12.0 Å². The van der Waals surface area contributed by atoms with Crippen molar-refractivity contribution in [1.82, 2.24) is 4.98 Å². The van der Waals surface area contributed by atoms with Gasteiger partial charge in [-0.05, 0) is 49.7 Å². The van der Waals surface area contributed by atoms with Crippen LogP contribution in [0.5, 0.6) is 5.75 Å². The predicted molar refractivity (Wildman–Crippen MR) is 90.1 cm³/mol. The molecule has 5 nitrogen and oxygen atoms in total. The van der Waals surface area contributed by atoms with Crippen LogP contribution in [0, 0.1) is 6.92 Å². The molecule has 0 saturated carbocycles. The summed E-state index contributed by atoms with van der Waals surface area (Å²) >= 11 is 0. The summed E-state index contributed by atoms with van der Waals surface area (Å²) in [7, 11) is 3.39. The van der Waals surface area contributed by atoms with E-state index in [4.69, 9.17) is 9.47 Å². The van der Waals surface area contributed by atoms with Gasteiger partial charge in [-0.2, -0.15) is 0 Å². The Morgan fingerprint density at radius 2 is 1.96 bits per heavy atom. The van der Waals surface area contributed by atoms with Crippen LogP contribution in [-0.4, -0.2) is 37.8 Å². The van der Waals surface area contributed by atoms with Crippen LogP contribution in [0.1, 0.15) is 22.8 Å². The van der Waals surface area contributed by atoms with Crippen LogP contribution in [0.2, 0.25) is 0 Å². The van der Waals surface area contributed by atoms with Gasteiger partial charge in [0, 0.05) is 25.1 Å². The van der Waals surface area contributed by atoms with Gasteiger partial charge in [0.1, 0.15) is 12.4 Å². The lowest BCUT2D eigenvalue weighted by Gasteiger charge is -2.27. The number of aromatic nitrogens is 1. The smallest absolute Gasteiger partial charge is 0.337 e. The number of rotatable bonds is 6. The summed E-state index contributed by atoms with van der Waals surface area (Å²) in [6, 6.07) is 9.48. The Bertz CT molecular complexity index is 659. The van der Waals surface area contributed by atoms with E-state index in [1.807, 2.05) is 32.2 Å². The van der Waals surface area contributed by atoms with Crippen LogP contribution < -0.4 is 9.64 Å². The van der Waals surface area contributed by atoms with E-state index in [1.165, 1.54) is 7.11 Å². The van der Waals surface area contributed by atoms with Gasteiger partial charge in [0.2, 0.25) is 0 Å².